The quantitative estimate of drug-likeness (QED) is 0.745. The van der Waals surface area contributed by atoms with Crippen molar-refractivity contribution in [2.75, 3.05) is 18.6 Å². The number of benzene rings is 1. The summed E-state index contributed by atoms with van der Waals surface area (Å²) in [5.74, 6) is -0.231. The minimum absolute atomic E-state index is 0.317. The van der Waals surface area contributed by atoms with Gasteiger partial charge in [-0.25, -0.2) is 4.79 Å². The first-order valence-electron chi connectivity index (χ1n) is 6.17. The van der Waals surface area contributed by atoms with Crippen LogP contribution in [0.3, 0.4) is 0 Å². The minimum Gasteiger partial charge on any atom is -0.449 e. The van der Waals surface area contributed by atoms with E-state index in [2.05, 4.69) is 21.2 Å². The highest BCUT2D eigenvalue weighted by Crippen LogP contribution is 2.11. The summed E-state index contributed by atoms with van der Waals surface area (Å²) in [5, 5.41) is 11.1. The lowest BCUT2D eigenvalue weighted by Crippen LogP contribution is -2.42. The third-order valence-corrected chi connectivity index (χ3v) is 3.76. The largest absolute Gasteiger partial charge is 0.449 e. The van der Waals surface area contributed by atoms with Gasteiger partial charge < -0.3 is 10.1 Å². The summed E-state index contributed by atoms with van der Waals surface area (Å²) < 4.78 is 5.64. The lowest BCUT2D eigenvalue weighted by atomic mass is 10.1. The smallest absolute Gasteiger partial charge is 0.329 e. The molecule has 1 atom stereocenters. The van der Waals surface area contributed by atoms with Gasteiger partial charge in [-0.2, -0.15) is 17.0 Å². The van der Waals surface area contributed by atoms with E-state index in [1.807, 2.05) is 6.26 Å². The molecule has 1 aromatic carbocycles. The zero-order chi connectivity index (χ0) is 15.7. The second-order valence-corrected chi connectivity index (χ2v) is 5.98. The molecular weight excluding hydrogens is 356 g/mol. The van der Waals surface area contributed by atoms with Crippen LogP contribution >= 0.6 is 27.7 Å². The fourth-order valence-corrected chi connectivity index (χ4v) is 2.27. The Balaban J connectivity index is 2.70. The second kappa shape index (κ2) is 9.42. The van der Waals surface area contributed by atoms with Gasteiger partial charge in [0.15, 0.2) is 6.61 Å². The van der Waals surface area contributed by atoms with E-state index >= 15 is 0 Å². The van der Waals surface area contributed by atoms with Gasteiger partial charge in [0.05, 0.1) is 0 Å². The molecule has 0 bridgehead atoms. The SMILES string of the molecule is CSCC[C@H](NC(=O)c1ccc(Br)cc1)C(=O)OCC#N. The van der Waals surface area contributed by atoms with Crippen molar-refractivity contribution < 1.29 is 14.3 Å². The van der Waals surface area contributed by atoms with Crippen molar-refractivity contribution in [3.05, 3.63) is 34.3 Å². The van der Waals surface area contributed by atoms with Crippen molar-refractivity contribution in [2.45, 2.75) is 12.5 Å². The van der Waals surface area contributed by atoms with Gasteiger partial charge in [0.25, 0.3) is 5.91 Å². The Labute approximate surface area is 136 Å². The lowest BCUT2D eigenvalue weighted by molar-refractivity contribution is -0.144. The Bertz CT molecular complexity index is 528. The number of halogens is 1. The molecule has 0 fully saturated rings. The van der Waals surface area contributed by atoms with Gasteiger partial charge >= 0.3 is 5.97 Å². The molecule has 5 nitrogen and oxygen atoms in total. The number of hydrogen-bond acceptors (Lipinski definition) is 5. The van der Waals surface area contributed by atoms with Crippen LogP contribution in [0, 0.1) is 11.3 Å². The second-order valence-electron chi connectivity index (χ2n) is 4.08. The summed E-state index contributed by atoms with van der Waals surface area (Å²) in [6.07, 6.45) is 2.36. The molecule has 0 unspecified atom stereocenters. The molecule has 21 heavy (non-hydrogen) atoms. The number of esters is 1. The number of carbonyl (C=O) groups is 2. The van der Waals surface area contributed by atoms with Gasteiger partial charge in [0.1, 0.15) is 12.1 Å². The Morgan fingerprint density at radius 1 is 1.43 bits per heavy atom. The van der Waals surface area contributed by atoms with Crippen LogP contribution < -0.4 is 5.32 Å². The third-order valence-electron chi connectivity index (χ3n) is 2.59. The molecule has 0 aliphatic rings. The first-order chi connectivity index (χ1) is 10.1. The van der Waals surface area contributed by atoms with Crippen molar-refractivity contribution in [3.63, 3.8) is 0 Å². The first kappa shape index (κ1) is 17.5. The van der Waals surface area contributed by atoms with Crippen LogP contribution in [0.15, 0.2) is 28.7 Å². The number of ether oxygens (including phenoxy) is 1. The van der Waals surface area contributed by atoms with Gasteiger partial charge in [-0.15, -0.1) is 0 Å². The highest BCUT2D eigenvalue weighted by Gasteiger charge is 2.22. The van der Waals surface area contributed by atoms with Crippen molar-refractivity contribution in [2.24, 2.45) is 0 Å². The monoisotopic (exact) mass is 370 g/mol. The summed E-state index contributed by atoms with van der Waals surface area (Å²) in [5.41, 5.74) is 0.459. The predicted octanol–water partition coefficient (Wildman–Crippen LogP) is 2.37. The number of hydrogen-bond donors (Lipinski definition) is 1. The van der Waals surface area contributed by atoms with Crippen LogP contribution in [0.25, 0.3) is 0 Å². The molecule has 7 heteroatoms. The third kappa shape index (κ3) is 6.19. The molecule has 112 valence electrons. The summed E-state index contributed by atoms with van der Waals surface area (Å²) in [6, 6.07) is 7.80. The molecule has 0 saturated carbocycles. The normalized spacial score (nSPS) is 11.3. The van der Waals surface area contributed by atoms with Crippen molar-refractivity contribution in [1.82, 2.24) is 5.32 Å². The number of nitrogens with one attached hydrogen (secondary N) is 1. The fourth-order valence-electron chi connectivity index (χ4n) is 1.53. The van der Waals surface area contributed by atoms with Crippen LogP contribution in [-0.4, -0.2) is 36.5 Å². The maximum absolute atomic E-state index is 12.1. The van der Waals surface area contributed by atoms with Gasteiger partial charge in [-0.1, -0.05) is 15.9 Å². The fraction of sp³-hybridized carbons (Fsp3) is 0.357. The van der Waals surface area contributed by atoms with Crippen molar-refractivity contribution >= 4 is 39.6 Å². The number of nitrogens with zero attached hydrogens (tertiary/aromatic N) is 1. The molecule has 0 heterocycles. The Morgan fingerprint density at radius 3 is 2.67 bits per heavy atom. The van der Waals surface area contributed by atoms with E-state index in [1.54, 1.807) is 42.1 Å². The molecule has 0 aromatic heterocycles. The summed E-state index contributed by atoms with van der Waals surface area (Å²) in [7, 11) is 0. The summed E-state index contributed by atoms with van der Waals surface area (Å²) in [6.45, 7) is -0.317. The maximum Gasteiger partial charge on any atom is 0.329 e. The number of thioether (sulfide) groups is 1. The van der Waals surface area contributed by atoms with Gasteiger partial charge in [-0.3, -0.25) is 4.79 Å². The molecule has 0 spiro atoms. The summed E-state index contributed by atoms with van der Waals surface area (Å²) in [4.78, 5) is 23.9. The number of rotatable bonds is 7. The molecule has 0 saturated heterocycles. The molecular formula is C14H15BrN2O3S. The van der Waals surface area contributed by atoms with Crippen LogP contribution in [-0.2, 0) is 9.53 Å². The Morgan fingerprint density at radius 2 is 2.10 bits per heavy atom. The van der Waals surface area contributed by atoms with E-state index < -0.39 is 12.0 Å². The summed E-state index contributed by atoms with van der Waals surface area (Å²) >= 11 is 4.86. The number of nitriles is 1. The van der Waals surface area contributed by atoms with Crippen molar-refractivity contribution in [1.29, 1.82) is 5.26 Å². The van der Waals surface area contributed by atoms with E-state index in [-0.39, 0.29) is 12.5 Å². The number of carbonyl (C=O) groups excluding carboxylic acids is 2. The average Bonchev–Trinajstić information content (AvgIpc) is 2.49. The Kier molecular flexibility index (Phi) is 7.87. The molecule has 1 amide bonds. The molecule has 1 rings (SSSR count). The van der Waals surface area contributed by atoms with Gasteiger partial charge in [-0.05, 0) is 42.7 Å². The topological polar surface area (TPSA) is 79.2 Å². The maximum atomic E-state index is 12.1. The van der Waals surface area contributed by atoms with E-state index in [0.29, 0.717) is 17.7 Å². The standard InChI is InChI=1S/C14H15BrN2O3S/c1-21-9-6-12(14(19)20-8-7-16)17-13(18)10-2-4-11(15)5-3-10/h2-5,12H,6,8-9H2,1H3,(H,17,18)/t12-/m0/s1. The molecule has 0 aliphatic carbocycles. The van der Waals surface area contributed by atoms with Crippen LogP contribution in [0.5, 0.6) is 0 Å². The molecule has 1 N–H and O–H groups in total. The van der Waals surface area contributed by atoms with E-state index in [0.717, 1.165) is 4.47 Å². The average molecular weight is 371 g/mol. The van der Waals surface area contributed by atoms with Crippen LogP contribution in [0.1, 0.15) is 16.8 Å². The van der Waals surface area contributed by atoms with E-state index in [1.165, 1.54) is 0 Å². The molecule has 0 radical (unpaired) electrons. The minimum atomic E-state index is -0.748. The lowest BCUT2D eigenvalue weighted by Gasteiger charge is -2.16. The van der Waals surface area contributed by atoms with E-state index in [9.17, 15) is 9.59 Å². The van der Waals surface area contributed by atoms with Crippen LogP contribution in [0.4, 0.5) is 0 Å². The first-order valence-corrected chi connectivity index (χ1v) is 8.36. The molecule has 0 aliphatic heterocycles. The zero-order valence-electron chi connectivity index (χ0n) is 11.5. The number of amides is 1. The Hall–Kier alpha value is -1.52. The van der Waals surface area contributed by atoms with E-state index in [4.69, 9.17) is 10.00 Å². The predicted molar refractivity (Wildman–Crippen MR) is 85.0 cm³/mol. The van der Waals surface area contributed by atoms with Crippen molar-refractivity contribution in [3.8, 4) is 6.07 Å². The zero-order valence-corrected chi connectivity index (χ0v) is 13.9. The van der Waals surface area contributed by atoms with Gasteiger partial charge in [0, 0.05) is 10.0 Å². The van der Waals surface area contributed by atoms with Gasteiger partial charge in [0.2, 0.25) is 0 Å². The highest BCUT2D eigenvalue weighted by molar-refractivity contribution is 9.10. The molecule has 1 aromatic rings. The van der Waals surface area contributed by atoms with Crippen LogP contribution in [0.2, 0.25) is 0 Å². The highest BCUT2D eigenvalue weighted by atomic mass is 79.9.